The molecule has 0 aliphatic heterocycles. The van der Waals surface area contributed by atoms with Gasteiger partial charge >= 0.3 is 0 Å². The van der Waals surface area contributed by atoms with Gasteiger partial charge in [0.15, 0.2) is 0 Å². The first-order valence-electron chi connectivity index (χ1n) is 3.96. The highest BCUT2D eigenvalue weighted by atomic mass is 32.1. The Hall–Kier alpha value is -1.75. The summed E-state index contributed by atoms with van der Waals surface area (Å²) in [6, 6.07) is 5.45. The van der Waals surface area contributed by atoms with Crippen molar-refractivity contribution in [2.45, 2.75) is 0 Å². The van der Waals surface area contributed by atoms with E-state index in [1.807, 2.05) is 12.1 Å². The predicted octanol–water partition coefficient (Wildman–Crippen LogP) is 1.82. The maximum absolute atomic E-state index is 11.1. The normalized spacial score (nSPS) is 10.0. The van der Waals surface area contributed by atoms with Crippen molar-refractivity contribution in [1.82, 2.24) is 8.75 Å². The van der Waals surface area contributed by atoms with E-state index in [9.17, 15) is 4.79 Å². The Labute approximate surface area is 84.6 Å². The van der Waals surface area contributed by atoms with Crippen LogP contribution in [-0.2, 0) is 4.79 Å². The lowest BCUT2D eigenvalue weighted by atomic mass is 10.2. The van der Waals surface area contributed by atoms with Crippen molar-refractivity contribution in [2.75, 3.05) is 5.32 Å². The number of nitrogens with one attached hydrogen (secondary N) is 1. The van der Waals surface area contributed by atoms with Crippen LogP contribution in [0.25, 0.3) is 11.0 Å². The van der Waals surface area contributed by atoms with E-state index >= 15 is 0 Å². The van der Waals surface area contributed by atoms with Crippen LogP contribution in [0.1, 0.15) is 0 Å². The molecule has 0 saturated heterocycles. The molecule has 4 nitrogen and oxygen atoms in total. The number of carbonyl (C=O) groups excluding carboxylic acids is 1. The fourth-order valence-corrected chi connectivity index (χ4v) is 1.64. The molecule has 5 heteroatoms. The number of amides is 1. The first kappa shape index (κ1) is 8.83. The molecular weight excluding hydrogens is 198 g/mol. The SMILES string of the molecule is C=CC(=O)Nc1cccc2nsnc12. The van der Waals surface area contributed by atoms with Gasteiger partial charge in [-0.3, -0.25) is 4.79 Å². The van der Waals surface area contributed by atoms with Gasteiger partial charge in [-0.25, -0.2) is 0 Å². The van der Waals surface area contributed by atoms with E-state index in [2.05, 4.69) is 20.6 Å². The zero-order chi connectivity index (χ0) is 9.97. The van der Waals surface area contributed by atoms with Crippen LogP contribution in [0.3, 0.4) is 0 Å². The van der Waals surface area contributed by atoms with Gasteiger partial charge in [-0.05, 0) is 18.2 Å². The highest BCUT2D eigenvalue weighted by Gasteiger charge is 2.05. The summed E-state index contributed by atoms with van der Waals surface area (Å²) in [5.74, 6) is -0.245. The molecule has 70 valence electrons. The Bertz CT molecular complexity index is 492. The number of carbonyl (C=O) groups is 1. The number of hydrogen-bond acceptors (Lipinski definition) is 4. The third-order valence-corrected chi connectivity index (χ3v) is 2.27. The molecule has 0 aliphatic rings. The molecule has 0 spiro atoms. The standard InChI is InChI=1S/C9H7N3OS/c1-2-8(13)10-6-4-3-5-7-9(6)12-14-11-7/h2-5H,1H2,(H,10,13). The summed E-state index contributed by atoms with van der Waals surface area (Å²) in [6.07, 6.45) is 1.22. The van der Waals surface area contributed by atoms with Gasteiger partial charge in [-0.2, -0.15) is 8.75 Å². The lowest BCUT2D eigenvalue weighted by Crippen LogP contribution is -2.07. The van der Waals surface area contributed by atoms with Crippen molar-refractivity contribution in [2.24, 2.45) is 0 Å². The number of anilines is 1. The molecule has 0 aliphatic carbocycles. The number of fused-ring (bicyclic) bond motifs is 1. The summed E-state index contributed by atoms with van der Waals surface area (Å²) >= 11 is 1.12. The average molecular weight is 205 g/mol. The van der Waals surface area contributed by atoms with E-state index in [0.717, 1.165) is 17.2 Å². The molecule has 2 aromatic rings. The monoisotopic (exact) mass is 205 g/mol. The van der Waals surface area contributed by atoms with Gasteiger partial charge in [0.25, 0.3) is 0 Å². The fraction of sp³-hybridized carbons (Fsp3) is 0. The number of benzene rings is 1. The lowest BCUT2D eigenvalue weighted by Gasteiger charge is -2.00. The molecule has 0 bridgehead atoms. The van der Waals surface area contributed by atoms with Gasteiger partial charge in [0, 0.05) is 0 Å². The molecule has 0 fully saturated rings. The topological polar surface area (TPSA) is 54.9 Å². The molecule has 2 rings (SSSR count). The summed E-state index contributed by atoms with van der Waals surface area (Å²) in [7, 11) is 0. The summed E-state index contributed by atoms with van der Waals surface area (Å²) in [5, 5.41) is 2.67. The second kappa shape index (κ2) is 3.55. The van der Waals surface area contributed by atoms with Gasteiger partial charge in [-0.1, -0.05) is 12.6 Å². The van der Waals surface area contributed by atoms with Crippen molar-refractivity contribution in [3.8, 4) is 0 Å². The summed E-state index contributed by atoms with van der Waals surface area (Å²) in [6.45, 7) is 3.38. The Kier molecular flexibility index (Phi) is 2.24. The third kappa shape index (κ3) is 1.49. The summed E-state index contributed by atoms with van der Waals surface area (Å²) < 4.78 is 8.15. The smallest absolute Gasteiger partial charge is 0.247 e. The second-order valence-electron chi connectivity index (χ2n) is 2.63. The molecule has 0 unspecified atom stereocenters. The predicted molar refractivity (Wildman–Crippen MR) is 56.2 cm³/mol. The number of rotatable bonds is 2. The van der Waals surface area contributed by atoms with Crippen LogP contribution in [0.4, 0.5) is 5.69 Å². The van der Waals surface area contributed by atoms with Crippen LogP contribution in [-0.4, -0.2) is 14.7 Å². The molecule has 1 aromatic heterocycles. The van der Waals surface area contributed by atoms with Crippen molar-refractivity contribution in [3.63, 3.8) is 0 Å². The Balaban J connectivity index is 2.46. The zero-order valence-corrected chi connectivity index (χ0v) is 8.04. The Morgan fingerprint density at radius 2 is 2.36 bits per heavy atom. The van der Waals surface area contributed by atoms with E-state index in [1.54, 1.807) is 6.07 Å². The maximum atomic E-state index is 11.1. The van der Waals surface area contributed by atoms with E-state index in [0.29, 0.717) is 11.2 Å². The fourth-order valence-electron chi connectivity index (χ4n) is 1.09. The molecule has 1 N–H and O–H groups in total. The molecule has 0 radical (unpaired) electrons. The van der Waals surface area contributed by atoms with Gasteiger partial charge in [0.05, 0.1) is 17.4 Å². The molecule has 14 heavy (non-hydrogen) atoms. The molecule has 1 amide bonds. The van der Waals surface area contributed by atoms with Gasteiger partial charge in [-0.15, -0.1) is 0 Å². The second-order valence-corrected chi connectivity index (χ2v) is 3.16. The summed E-state index contributed by atoms with van der Waals surface area (Å²) in [4.78, 5) is 11.1. The van der Waals surface area contributed by atoms with Crippen molar-refractivity contribution < 1.29 is 4.79 Å². The maximum Gasteiger partial charge on any atom is 0.247 e. The largest absolute Gasteiger partial charge is 0.321 e. The first-order valence-corrected chi connectivity index (χ1v) is 4.69. The third-order valence-electron chi connectivity index (χ3n) is 1.73. The van der Waals surface area contributed by atoms with E-state index < -0.39 is 0 Å². The lowest BCUT2D eigenvalue weighted by molar-refractivity contribution is -0.111. The van der Waals surface area contributed by atoms with Crippen molar-refractivity contribution in [1.29, 1.82) is 0 Å². The highest BCUT2D eigenvalue weighted by molar-refractivity contribution is 7.00. The minimum absolute atomic E-state index is 0.245. The van der Waals surface area contributed by atoms with Crippen molar-refractivity contribution >= 4 is 34.4 Å². The van der Waals surface area contributed by atoms with Gasteiger partial charge in [0.2, 0.25) is 5.91 Å². The van der Waals surface area contributed by atoms with Crippen LogP contribution < -0.4 is 5.32 Å². The van der Waals surface area contributed by atoms with E-state index in [1.165, 1.54) is 6.08 Å². The van der Waals surface area contributed by atoms with E-state index in [-0.39, 0.29) is 5.91 Å². The summed E-state index contributed by atoms with van der Waals surface area (Å²) in [5.41, 5.74) is 2.17. The minimum Gasteiger partial charge on any atom is -0.321 e. The molecule has 0 atom stereocenters. The van der Waals surface area contributed by atoms with Crippen LogP contribution in [0, 0.1) is 0 Å². The van der Waals surface area contributed by atoms with E-state index in [4.69, 9.17) is 0 Å². The number of aromatic nitrogens is 2. The molecule has 1 heterocycles. The average Bonchev–Trinajstić information content (AvgIpc) is 2.66. The van der Waals surface area contributed by atoms with Crippen LogP contribution in [0.15, 0.2) is 30.9 Å². The van der Waals surface area contributed by atoms with Gasteiger partial charge < -0.3 is 5.32 Å². The number of nitrogens with zero attached hydrogens (tertiary/aromatic N) is 2. The quantitative estimate of drug-likeness (QED) is 0.761. The minimum atomic E-state index is -0.245. The number of hydrogen-bond donors (Lipinski definition) is 1. The highest BCUT2D eigenvalue weighted by Crippen LogP contribution is 2.20. The molecular formula is C9H7N3OS. The van der Waals surface area contributed by atoms with Crippen LogP contribution >= 0.6 is 11.7 Å². The Morgan fingerprint density at radius 1 is 1.50 bits per heavy atom. The molecule has 0 saturated carbocycles. The Morgan fingerprint density at radius 3 is 3.14 bits per heavy atom. The molecule has 1 aromatic carbocycles. The van der Waals surface area contributed by atoms with Crippen LogP contribution in [0.5, 0.6) is 0 Å². The first-order chi connectivity index (χ1) is 6.81. The zero-order valence-electron chi connectivity index (χ0n) is 7.23. The van der Waals surface area contributed by atoms with Gasteiger partial charge in [0.1, 0.15) is 11.0 Å². The van der Waals surface area contributed by atoms with Crippen molar-refractivity contribution in [3.05, 3.63) is 30.9 Å². The van der Waals surface area contributed by atoms with Crippen LogP contribution in [0.2, 0.25) is 0 Å².